The van der Waals surface area contributed by atoms with Gasteiger partial charge in [0.25, 0.3) is 5.91 Å². The van der Waals surface area contributed by atoms with Crippen molar-refractivity contribution >= 4 is 17.5 Å². The van der Waals surface area contributed by atoms with Crippen molar-refractivity contribution in [3.05, 3.63) is 40.7 Å². The van der Waals surface area contributed by atoms with Gasteiger partial charge in [-0.3, -0.25) is 4.79 Å². The Morgan fingerprint density at radius 3 is 2.69 bits per heavy atom. The second-order valence-corrected chi connectivity index (χ2v) is 3.68. The molecular weight excluding hydrogens is 228 g/mol. The van der Waals surface area contributed by atoms with Gasteiger partial charge in [0.2, 0.25) is 5.89 Å². The van der Waals surface area contributed by atoms with Gasteiger partial charge in [-0.2, -0.15) is 0 Å². The lowest BCUT2D eigenvalue weighted by atomic mass is 10.2. The summed E-state index contributed by atoms with van der Waals surface area (Å²) in [5.74, 6) is 0.0823. The van der Waals surface area contributed by atoms with Gasteiger partial charge in [-0.25, -0.2) is 4.98 Å². The average Bonchev–Trinajstić information content (AvgIpc) is 2.61. The van der Waals surface area contributed by atoms with Gasteiger partial charge in [-0.1, -0.05) is 23.7 Å². The number of rotatable bonds is 2. The number of nitrogens with two attached hydrogens (primary N) is 1. The molecule has 2 aromatic rings. The van der Waals surface area contributed by atoms with Crippen molar-refractivity contribution in [2.24, 2.45) is 5.73 Å². The molecule has 0 radical (unpaired) electrons. The minimum atomic E-state index is -0.612. The Morgan fingerprint density at radius 2 is 2.12 bits per heavy atom. The number of carbonyl (C=O) groups is 1. The van der Waals surface area contributed by atoms with E-state index in [0.29, 0.717) is 22.2 Å². The lowest BCUT2D eigenvalue weighted by molar-refractivity contribution is 0.0995. The SMILES string of the molecule is Cc1oc(-c2ccccc2Cl)nc1C(N)=O. The van der Waals surface area contributed by atoms with Crippen LogP contribution in [0.4, 0.5) is 0 Å². The van der Waals surface area contributed by atoms with E-state index >= 15 is 0 Å². The maximum absolute atomic E-state index is 11.0. The summed E-state index contributed by atoms with van der Waals surface area (Å²) in [6, 6.07) is 7.10. The third-order valence-electron chi connectivity index (χ3n) is 2.13. The van der Waals surface area contributed by atoms with Crippen molar-refractivity contribution in [1.82, 2.24) is 4.98 Å². The van der Waals surface area contributed by atoms with E-state index in [1.54, 1.807) is 25.1 Å². The molecule has 16 heavy (non-hydrogen) atoms. The molecule has 2 rings (SSSR count). The van der Waals surface area contributed by atoms with Crippen LogP contribution in [0, 0.1) is 6.92 Å². The highest BCUT2D eigenvalue weighted by Crippen LogP contribution is 2.28. The van der Waals surface area contributed by atoms with Gasteiger partial charge in [0.1, 0.15) is 5.76 Å². The maximum atomic E-state index is 11.0. The number of nitrogens with zero attached hydrogens (tertiary/aromatic N) is 1. The molecule has 0 saturated heterocycles. The van der Waals surface area contributed by atoms with Gasteiger partial charge in [0.15, 0.2) is 5.69 Å². The fraction of sp³-hybridized carbons (Fsp3) is 0.0909. The van der Waals surface area contributed by atoms with Crippen LogP contribution in [0.25, 0.3) is 11.5 Å². The minimum absolute atomic E-state index is 0.134. The Balaban J connectivity index is 2.54. The summed E-state index contributed by atoms with van der Waals surface area (Å²) < 4.78 is 5.35. The van der Waals surface area contributed by atoms with E-state index in [4.69, 9.17) is 21.8 Å². The zero-order chi connectivity index (χ0) is 11.7. The lowest BCUT2D eigenvalue weighted by Gasteiger charge is -1.96. The highest BCUT2D eigenvalue weighted by atomic mass is 35.5. The van der Waals surface area contributed by atoms with E-state index in [1.807, 2.05) is 6.07 Å². The molecule has 0 aliphatic heterocycles. The van der Waals surface area contributed by atoms with Crippen LogP contribution in [0.3, 0.4) is 0 Å². The molecular formula is C11H9ClN2O2. The summed E-state index contributed by atoms with van der Waals surface area (Å²) in [4.78, 5) is 15.0. The van der Waals surface area contributed by atoms with E-state index in [9.17, 15) is 4.79 Å². The quantitative estimate of drug-likeness (QED) is 0.871. The summed E-state index contributed by atoms with van der Waals surface area (Å²) >= 11 is 5.98. The van der Waals surface area contributed by atoms with Gasteiger partial charge in [0.05, 0.1) is 10.6 Å². The molecule has 4 nitrogen and oxygen atoms in total. The number of carbonyl (C=O) groups excluding carboxylic acids is 1. The number of aryl methyl sites for hydroxylation is 1. The summed E-state index contributed by atoms with van der Waals surface area (Å²) in [6.45, 7) is 1.63. The molecule has 0 bridgehead atoms. The Labute approximate surface area is 97.0 Å². The molecule has 5 heteroatoms. The molecule has 0 fully saturated rings. The maximum Gasteiger partial charge on any atom is 0.270 e. The van der Waals surface area contributed by atoms with E-state index < -0.39 is 5.91 Å². The Morgan fingerprint density at radius 1 is 1.44 bits per heavy atom. The van der Waals surface area contributed by atoms with Gasteiger partial charge in [0, 0.05) is 0 Å². The molecule has 1 amide bonds. The molecule has 0 spiro atoms. The summed E-state index contributed by atoms with van der Waals surface area (Å²) in [5.41, 5.74) is 5.92. The molecule has 1 aromatic carbocycles. The molecule has 0 unspecified atom stereocenters. The number of aromatic nitrogens is 1. The van der Waals surface area contributed by atoms with Crippen LogP contribution in [0.5, 0.6) is 0 Å². The van der Waals surface area contributed by atoms with Gasteiger partial charge in [-0.15, -0.1) is 0 Å². The molecule has 0 aliphatic carbocycles. The number of amides is 1. The number of oxazole rings is 1. The van der Waals surface area contributed by atoms with Crippen molar-refractivity contribution in [1.29, 1.82) is 0 Å². The van der Waals surface area contributed by atoms with Crippen LogP contribution in [0.1, 0.15) is 16.2 Å². The van der Waals surface area contributed by atoms with Crippen molar-refractivity contribution in [2.45, 2.75) is 6.92 Å². The molecule has 1 heterocycles. The first-order valence-corrected chi connectivity index (χ1v) is 4.99. The van der Waals surface area contributed by atoms with Gasteiger partial charge >= 0.3 is 0 Å². The zero-order valence-corrected chi connectivity index (χ0v) is 9.28. The largest absolute Gasteiger partial charge is 0.441 e. The number of hydrogen-bond donors (Lipinski definition) is 1. The number of halogens is 1. The fourth-order valence-electron chi connectivity index (χ4n) is 1.37. The Bertz CT molecular complexity index is 549. The third-order valence-corrected chi connectivity index (χ3v) is 2.46. The Hall–Kier alpha value is -1.81. The second kappa shape index (κ2) is 3.98. The third kappa shape index (κ3) is 1.79. The molecule has 82 valence electrons. The average molecular weight is 237 g/mol. The van der Waals surface area contributed by atoms with E-state index in [2.05, 4.69) is 4.98 Å². The van der Waals surface area contributed by atoms with Crippen molar-refractivity contribution in [2.75, 3.05) is 0 Å². The summed E-state index contributed by atoms with van der Waals surface area (Å²) in [6.07, 6.45) is 0. The van der Waals surface area contributed by atoms with Crippen LogP contribution in [-0.2, 0) is 0 Å². The number of benzene rings is 1. The highest BCUT2D eigenvalue weighted by molar-refractivity contribution is 6.33. The minimum Gasteiger partial charge on any atom is -0.441 e. The molecule has 0 saturated carbocycles. The lowest BCUT2D eigenvalue weighted by Crippen LogP contribution is -2.12. The van der Waals surface area contributed by atoms with Gasteiger partial charge in [-0.05, 0) is 19.1 Å². The van der Waals surface area contributed by atoms with E-state index in [1.165, 1.54) is 0 Å². The van der Waals surface area contributed by atoms with Crippen molar-refractivity contribution in [3.63, 3.8) is 0 Å². The first-order chi connectivity index (χ1) is 7.59. The van der Waals surface area contributed by atoms with Gasteiger partial charge < -0.3 is 10.2 Å². The zero-order valence-electron chi connectivity index (χ0n) is 8.53. The molecule has 0 atom stereocenters. The molecule has 0 aliphatic rings. The first kappa shape index (κ1) is 10.7. The topological polar surface area (TPSA) is 69.1 Å². The van der Waals surface area contributed by atoms with Crippen LogP contribution in [0.2, 0.25) is 5.02 Å². The Kier molecular flexibility index (Phi) is 2.66. The summed E-state index contributed by atoms with van der Waals surface area (Å²) in [5, 5.41) is 0.514. The standard InChI is InChI=1S/C11H9ClN2O2/c1-6-9(10(13)15)14-11(16-6)7-4-2-3-5-8(7)12/h2-5H,1H3,(H2,13,15). The number of primary amides is 1. The normalized spacial score (nSPS) is 10.4. The molecule has 1 aromatic heterocycles. The summed E-state index contributed by atoms with van der Waals surface area (Å²) in [7, 11) is 0. The van der Waals surface area contributed by atoms with Crippen LogP contribution in [0.15, 0.2) is 28.7 Å². The smallest absolute Gasteiger partial charge is 0.270 e. The van der Waals surface area contributed by atoms with E-state index in [-0.39, 0.29) is 5.69 Å². The molecule has 2 N–H and O–H groups in total. The van der Waals surface area contributed by atoms with E-state index in [0.717, 1.165) is 0 Å². The second-order valence-electron chi connectivity index (χ2n) is 3.27. The van der Waals surface area contributed by atoms with Crippen LogP contribution >= 0.6 is 11.6 Å². The van der Waals surface area contributed by atoms with Crippen LogP contribution in [-0.4, -0.2) is 10.9 Å². The van der Waals surface area contributed by atoms with Crippen LogP contribution < -0.4 is 5.73 Å². The fourth-order valence-corrected chi connectivity index (χ4v) is 1.59. The first-order valence-electron chi connectivity index (χ1n) is 4.61. The monoisotopic (exact) mass is 236 g/mol. The number of hydrogen-bond acceptors (Lipinski definition) is 3. The van der Waals surface area contributed by atoms with Crippen molar-refractivity contribution < 1.29 is 9.21 Å². The predicted molar refractivity (Wildman–Crippen MR) is 60.2 cm³/mol. The highest BCUT2D eigenvalue weighted by Gasteiger charge is 2.16. The van der Waals surface area contributed by atoms with Crippen molar-refractivity contribution in [3.8, 4) is 11.5 Å². The predicted octanol–water partition coefficient (Wildman–Crippen LogP) is 2.40.